The molecule has 0 fully saturated rings. The molecule has 7 heteroatoms. The number of aromatic amines is 1. The SMILES string of the molecule is O=C(CCc1nc2ncccc2[nH]1)NCC(O)c1ccc(Cl)cc1. The number of hydrogen-bond acceptors (Lipinski definition) is 4. The predicted octanol–water partition coefficient (Wildman–Crippen LogP) is 2.39. The van der Waals surface area contributed by atoms with Gasteiger partial charge in [0.15, 0.2) is 5.65 Å². The highest BCUT2D eigenvalue weighted by Crippen LogP contribution is 2.15. The largest absolute Gasteiger partial charge is 0.387 e. The van der Waals surface area contributed by atoms with Crippen molar-refractivity contribution in [2.75, 3.05) is 6.54 Å². The van der Waals surface area contributed by atoms with Crippen molar-refractivity contribution in [3.8, 4) is 0 Å². The summed E-state index contributed by atoms with van der Waals surface area (Å²) >= 11 is 5.81. The fourth-order valence-corrected chi connectivity index (χ4v) is 2.47. The van der Waals surface area contributed by atoms with Crippen LogP contribution in [-0.2, 0) is 11.2 Å². The average molecular weight is 345 g/mol. The third-order valence-electron chi connectivity index (χ3n) is 3.64. The average Bonchev–Trinajstić information content (AvgIpc) is 3.01. The molecule has 0 bridgehead atoms. The molecule has 124 valence electrons. The summed E-state index contributed by atoms with van der Waals surface area (Å²) in [5.74, 6) is 0.577. The van der Waals surface area contributed by atoms with Crippen LogP contribution in [0.15, 0.2) is 42.6 Å². The lowest BCUT2D eigenvalue weighted by Gasteiger charge is -2.12. The smallest absolute Gasteiger partial charge is 0.220 e. The summed E-state index contributed by atoms with van der Waals surface area (Å²) in [5, 5.41) is 13.4. The minimum absolute atomic E-state index is 0.142. The van der Waals surface area contributed by atoms with Crippen molar-refractivity contribution >= 4 is 28.7 Å². The molecule has 0 aliphatic rings. The molecule has 0 aliphatic heterocycles. The number of aromatic nitrogens is 3. The number of imidazole rings is 1. The molecule has 0 aliphatic carbocycles. The summed E-state index contributed by atoms with van der Waals surface area (Å²) < 4.78 is 0. The summed E-state index contributed by atoms with van der Waals surface area (Å²) in [7, 11) is 0. The van der Waals surface area contributed by atoms with Gasteiger partial charge in [-0.15, -0.1) is 0 Å². The first-order chi connectivity index (χ1) is 11.6. The number of carbonyl (C=O) groups is 1. The maximum Gasteiger partial charge on any atom is 0.220 e. The molecule has 1 atom stereocenters. The molecule has 0 radical (unpaired) electrons. The van der Waals surface area contributed by atoms with Crippen LogP contribution in [0, 0.1) is 0 Å². The Bertz CT molecular complexity index is 799. The van der Waals surface area contributed by atoms with E-state index in [4.69, 9.17) is 11.6 Å². The van der Waals surface area contributed by atoms with E-state index in [1.807, 2.05) is 12.1 Å². The van der Waals surface area contributed by atoms with Crippen molar-refractivity contribution in [1.29, 1.82) is 0 Å². The molecule has 1 amide bonds. The maximum absolute atomic E-state index is 11.9. The fraction of sp³-hybridized carbons (Fsp3) is 0.235. The predicted molar refractivity (Wildman–Crippen MR) is 91.6 cm³/mol. The molecule has 3 aromatic rings. The van der Waals surface area contributed by atoms with Gasteiger partial charge in [-0.1, -0.05) is 23.7 Å². The van der Waals surface area contributed by atoms with E-state index in [1.54, 1.807) is 30.5 Å². The lowest BCUT2D eigenvalue weighted by atomic mass is 10.1. The van der Waals surface area contributed by atoms with Crippen molar-refractivity contribution in [2.24, 2.45) is 0 Å². The van der Waals surface area contributed by atoms with Gasteiger partial charge in [0.2, 0.25) is 5.91 Å². The number of aryl methyl sites for hydroxylation is 1. The molecule has 1 unspecified atom stereocenters. The molecule has 0 spiro atoms. The number of carbonyl (C=O) groups excluding carboxylic acids is 1. The van der Waals surface area contributed by atoms with Crippen molar-refractivity contribution in [1.82, 2.24) is 20.3 Å². The molecular weight excluding hydrogens is 328 g/mol. The Hall–Kier alpha value is -2.44. The number of pyridine rings is 1. The number of H-pyrrole nitrogens is 1. The summed E-state index contributed by atoms with van der Waals surface area (Å²) in [5.41, 5.74) is 2.21. The normalized spacial score (nSPS) is 12.2. The number of fused-ring (bicyclic) bond motifs is 1. The van der Waals surface area contributed by atoms with E-state index in [2.05, 4.69) is 20.3 Å². The summed E-state index contributed by atoms with van der Waals surface area (Å²) in [6.45, 7) is 0.155. The van der Waals surface area contributed by atoms with Gasteiger partial charge in [-0.2, -0.15) is 0 Å². The molecule has 3 rings (SSSR count). The monoisotopic (exact) mass is 344 g/mol. The van der Waals surface area contributed by atoms with Crippen LogP contribution in [0.4, 0.5) is 0 Å². The van der Waals surface area contributed by atoms with Gasteiger partial charge in [0.25, 0.3) is 0 Å². The highest BCUT2D eigenvalue weighted by Gasteiger charge is 2.11. The number of amides is 1. The lowest BCUT2D eigenvalue weighted by Crippen LogP contribution is -2.28. The molecular formula is C17H17ClN4O2. The summed E-state index contributed by atoms with van der Waals surface area (Å²) in [6.07, 6.45) is 1.69. The highest BCUT2D eigenvalue weighted by atomic mass is 35.5. The first-order valence-electron chi connectivity index (χ1n) is 7.61. The second-order valence-corrected chi connectivity index (χ2v) is 5.87. The molecule has 2 heterocycles. The number of nitrogens with zero attached hydrogens (tertiary/aromatic N) is 2. The maximum atomic E-state index is 11.9. The van der Waals surface area contributed by atoms with E-state index >= 15 is 0 Å². The van der Waals surface area contributed by atoms with Crippen molar-refractivity contribution in [3.63, 3.8) is 0 Å². The molecule has 0 saturated heterocycles. The molecule has 2 aromatic heterocycles. The first kappa shape index (κ1) is 16.4. The Labute approximate surface area is 143 Å². The molecule has 24 heavy (non-hydrogen) atoms. The number of halogens is 1. The van der Waals surface area contributed by atoms with Crippen LogP contribution in [0.2, 0.25) is 5.02 Å². The van der Waals surface area contributed by atoms with Crippen LogP contribution >= 0.6 is 11.6 Å². The van der Waals surface area contributed by atoms with E-state index in [9.17, 15) is 9.90 Å². The standard InChI is InChI=1S/C17H17ClN4O2/c18-12-5-3-11(4-6-12)14(23)10-20-16(24)8-7-15-21-13-2-1-9-19-17(13)22-15/h1-6,9,14,23H,7-8,10H2,(H,20,24)(H,19,21,22). The van der Waals surface area contributed by atoms with E-state index < -0.39 is 6.10 Å². The van der Waals surface area contributed by atoms with Crippen LogP contribution in [0.5, 0.6) is 0 Å². The van der Waals surface area contributed by atoms with Crippen LogP contribution in [0.1, 0.15) is 23.9 Å². The van der Waals surface area contributed by atoms with E-state index in [0.717, 1.165) is 11.3 Å². The van der Waals surface area contributed by atoms with E-state index in [0.29, 0.717) is 22.7 Å². The zero-order chi connectivity index (χ0) is 16.9. The van der Waals surface area contributed by atoms with Gasteiger partial charge in [-0.05, 0) is 29.8 Å². The van der Waals surface area contributed by atoms with E-state index in [1.165, 1.54) is 0 Å². The van der Waals surface area contributed by atoms with Crippen LogP contribution < -0.4 is 5.32 Å². The van der Waals surface area contributed by atoms with Crippen molar-refractivity contribution < 1.29 is 9.90 Å². The van der Waals surface area contributed by atoms with Crippen LogP contribution in [-0.4, -0.2) is 32.5 Å². The van der Waals surface area contributed by atoms with Gasteiger partial charge in [0.05, 0.1) is 11.6 Å². The first-order valence-corrected chi connectivity index (χ1v) is 7.99. The second kappa shape index (κ2) is 7.42. The van der Waals surface area contributed by atoms with E-state index in [-0.39, 0.29) is 18.9 Å². The van der Waals surface area contributed by atoms with Crippen molar-refractivity contribution in [2.45, 2.75) is 18.9 Å². The topological polar surface area (TPSA) is 90.9 Å². The summed E-state index contributed by atoms with van der Waals surface area (Å²) in [4.78, 5) is 23.5. The molecule has 1 aromatic carbocycles. The van der Waals surface area contributed by atoms with Crippen LogP contribution in [0.3, 0.4) is 0 Å². The summed E-state index contributed by atoms with van der Waals surface area (Å²) in [6, 6.07) is 10.6. The third-order valence-corrected chi connectivity index (χ3v) is 3.89. The zero-order valence-corrected chi connectivity index (χ0v) is 13.6. The Kier molecular flexibility index (Phi) is 5.08. The number of benzene rings is 1. The van der Waals surface area contributed by atoms with Gasteiger partial charge in [0, 0.05) is 30.6 Å². The van der Waals surface area contributed by atoms with Gasteiger partial charge in [0.1, 0.15) is 5.82 Å². The quantitative estimate of drug-likeness (QED) is 0.640. The number of hydrogen-bond donors (Lipinski definition) is 3. The molecule has 3 N–H and O–H groups in total. The van der Waals surface area contributed by atoms with Gasteiger partial charge < -0.3 is 15.4 Å². The Morgan fingerprint density at radius 3 is 2.83 bits per heavy atom. The lowest BCUT2D eigenvalue weighted by molar-refractivity contribution is -0.121. The third kappa shape index (κ3) is 4.10. The van der Waals surface area contributed by atoms with Crippen LogP contribution in [0.25, 0.3) is 11.2 Å². The Morgan fingerprint density at radius 2 is 2.08 bits per heavy atom. The number of aliphatic hydroxyl groups excluding tert-OH is 1. The minimum atomic E-state index is -0.762. The molecule has 6 nitrogen and oxygen atoms in total. The Morgan fingerprint density at radius 1 is 1.29 bits per heavy atom. The fourth-order valence-electron chi connectivity index (χ4n) is 2.35. The van der Waals surface area contributed by atoms with Gasteiger partial charge in [-0.3, -0.25) is 4.79 Å². The number of nitrogens with one attached hydrogen (secondary N) is 2. The number of aliphatic hydroxyl groups is 1. The number of rotatable bonds is 6. The van der Waals surface area contributed by atoms with Crippen molar-refractivity contribution in [3.05, 3.63) is 59.0 Å². The highest BCUT2D eigenvalue weighted by molar-refractivity contribution is 6.30. The minimum Gasteiger partial charge on any atom is -0.387 e. The second-order valence-electron chi connectivity index (χ2n) is 5.43. The van der Waals surface area contributed by atoms with Gasteiger partial charge in [-0.25, -0.2) is 9.97 Å². The zero-order valence-electron chi connectivity index (χ0n) is 12.9. The molecule has 0 saturated carbocycles. The van der Waals surface area contributed by atoms with Gasteiger partial charge >= 0.3 is 0 Å². The Balaban J connectivity index is 1.47.